The molecule has 63 heavy (non-hydrogen) atoms. The van der Waals surface area contributed by atoms with Crippen LogP contribution in [0.5, 0.6) is 0 Å². The van der Waals surface area contributed by atoms with Gasteiger partial charge >= 0.3 is 0 Å². The largest absolute Gasteiger partial charge is 0.0713 e. The first-order chi connectivity index (χ1) is 31.0. The van der Waals surface area contributed by atoms with Crippen LogP contribution in [0.1, 0.15) is 66.8 Å². The van der Waals surface area contributed by atoms with Crippen molar-refractivity contribution in [2.45, 2.75) is 19.3 Å². The van der Waals surface area contributed by atoms with Crippen molar-refractivity contribution in [3.63, 3.8) is 0 Å². The van der Waals surface area contributed by atoms with Gasteiger partial charge in [0.25, 0.3) is 0 Å². The first-order valence-corrected chi connectivity index (χ1v) is 22.0. The Morgan fingerprint density at radius 1 is 0.333 bits per heavy atom. The second-order valence-electron chi connectivity index (χ2n) is 17.0. The predicted octanol–water partition coefficient (Wildman–Crippen LogP) is 16.2. The molecule has 0 heterocycles. The minimum absolute atomic E-state index is 0.511. The van der Waals surface area contributed by atoms with E-state index in [1.165, 1.54) is 99.5 Å². The predicted molar refractivity (Wildman–Crippen MR) is 268 cm³/mol. The van der Waals surface area contributed by atoms with Crippen LogP contribution in [-0.4, -0.2) is 0 Å². The smallest absolute Gasteiger partial charge is 0.0619 e. The van der Waals surface area contributed by atoms with Gasteiger partial charge in [0, 0.05) is 0 Å². The number of benzene rings is 10. The molecule has 0 N–H and O–H groups in total. The van der Waals surface area contributed by atoms with Gasteiger partial charge in [-0.2, -0.15) is 0 Å². The summed E-state index contributed by atoms with van der Waals surface area (Å²) in [6.07, 6.45) is 4.73. The molecule has 0 fully saturated rings. The summed E-state index contributed by atoms with van der Waals surface area (Å²) in [6, 6.07) is 85.3. The van der Waals surface area contributed by atoms with Crippen molar-refractivity contribution in [3.8, 4) is 11.1 Å². The van der Waals surface area contributed by atoms with Gasteiger partial charge in [0.2, 0.25) is 0 Å². The molecule has 1 aliphatic rings. The highest BCUT2D eigenvalue weighted by Crippen LogP contribution is 2.56. The highest BCUT2D eigenvalue weighted by atomic mass is 14.5. The van der Waals surface area contributed by atoms with Crippen LogP contribution in [0.25, 0.3) is 56.0 Å². The van der Waals surface area contributed by atoms with Gasteiger partial charge in [-0.05, 0) is 125 Å². The van der Waals surface area contributed by atoms with Crippen molar-refractivity contribution in [2.24, 2.45) is 0 Å². The topological polar surface area (TPSA) is 0 Å². The molecule has 11 rings (SSSR count). The third-order valence-electron chi connectivity index (χ3n) is 13.1. The van der Waals surface area contributed by atoms with E-state index >= 15 is 0 Å². The Hall–Kier alpha value is -7.80. The van der Waals surface area contributed by atoms with E-state index < -0.39 is 5.41 Å². The van der Waals surface area contributed by atoms with E-state index in [4.69, 9.17) is 0 Å². The molecule has 0 bridgehead atoms. The Morgan fingerprint density at radius 3 is 1.13 bits per heavy atom. The van der Waals surface area contributed by atoms with Crippen LogP contribution in [0.3, 0.4) is 0 Å². The maximum atomic E-state index is 2.37. The lowest BCUT2D eigenvalue weighted by Crippen LogP contribution is -2.28. The molecule has 0 aliphatic heterocycles. The van der Waals surface area contributed by atoms with Crippen LogP contribution in [-0.2, 0) is 5.41 Å². The fourth-order valence-corrected chi connectivity index (χ4v) is 10.0. The van der Waals surface area contributed by atoms with E-state index in [0.717, 1.165) is 11.1 Å². The third kappa shape index (κ3) is 6.72. The molecule has 10 aromatic carbocycles. The van der Waals surface area contributed by atoms with Gasteiger partial charge in [0.15, 0.2) is 0 Å². The molecule has 0 aromatic heterocycles. The molecule has 0 saturated carbocycles. The quantitative estimate of drug-likeness (QED) is 0.134. The second-order valence-corrected chi connectivity index (χ2v) is 17.0. The van der Waals surface area contributed by atoms with Crippen molar-refractivity contribution in [2.75, 3.05) is 0 Å². The lowest BCUT2D eigenvalue weighted by Gasteiger charge is -2.34. The Bertz CT molecular complexity index is 3120. The summed E-state index contributed by atoms with van der Waals surface area (Å²) in [4.78, 5) is 0. The van der Waals surface area contributed by atoms with Crippen LogP contribution in [0.4, 0.5) is 0 Å². The summed E-state index contributed by atoms with van der Waals surface area (Å²) in [5.41, 5.74) is 19.3. The van der Waals surface area contributed by atoms with Crippen molar-refractivity contribution in [3.05, 3.63) is 297 Å². The van der Waals surface area contributed by atoms with E-state index in [1.807, 2.05) is 0 Å². The monoisotopic (exact) mass is 802 g/mol. The Balaban J connectivity index is 1.06. The van der Waals surface area contributed by atoms with E-state index in [1.54, 1.807) is 0 Å². The molecule has 0 radical (unpaired) electrons. The average molecular weight is 803 g/mol. The molecule has 0 atom stereocenters. The third-order valence-corrected chi connectivity index (χ3v) is 13.1. The Morgan fingerprint density at radius 2 is 0.698 bits per heavy atom. The molecule has 0 saturated heterocycles. The Kier molecular flexibility index (Phi) is 9.63. The summed E-state index contributed by atoms with van der Waals surface area (Å²) in [6.45, 7) is 4.30. The van der Waals surface area contributed by atoms with E-state index in [9.17, 15) is 0 Å². The summed E-state index contributed by atoms with van der Waals surface area (Å²) in [5.74, 6) is 0. The zero-order valence-corrected chi connectivity index (χ0v) is 35.6. The summed E-state index contributed by atoms with van der Waals surface area (Å²) < 4.78 is 0. The maximum Gasteiger partial charge on any atom is 0.0713 e. The fourth-order valence-electron chi connectivity index (χ4n) is 10.0. The van der Waals surface area contributed by atoms with E-state index in [-0.39, 0.29) is 0 Å². The van der Waals surface area contributed by atoms with Gasteiger partial charge < -0.3 is 0 Å². The Labute approximate surface area is 370 Å². The van der Waals surface area contributed by atoms with Crippen molar-refractivity contribution < 1.29 is 0 Å². The van der Waals surface area contributed by atoms with Gasteiger partial charge in [0.05, 0.1) is 5.41 Å². The normalized spacial score (nSPS) is 13.2. The van der Waals surface area contributed by atoms with Gasteiger partial charge in [-0.3, -0.25) is 0 Å². The van der Waals surface area contributed by atoms with Crippen LogP contribution in [0.2, 0.25) is 0 Å². The molecule has 298 valence electrons. The highest BCUT2D eigenvalue weighted by molar-refractivity contribution is 6.04. The number of fused-ring (bicyclic) bond motifs is 5. The highest BCUT2D eigenvalue weighted by Gasteiger charge is 2.45. The molecule has 1 aliphatic carbocycles. The fraction of sp³-hybridized carbons (Fsp3) is 0.0476. The van der Waals surface area contributed by atoms with Crippen molar-refractivity contribution >= 4 is 44.8 Å². The van der Waals surface area contributed by atoms with E-state index in [0.29, 0.717) is 0 Å². The number of hydrogen-bond acceptors (Lipinski definition) is 0. The zero-order valence-electron chi connectivity index (χ0n) is 35.6. The number of hydrogen-bond donors (Lipinski definition) is 0. The van der Waals surface area contributed by atoms with Crippen LogP contribution < -0.4 is 0 Å². The molecule has 10 aromatic rings. The number of aryl methyl sites for hydroxylation is 2. The van der Waals surface area contributed by atoms with Crippen LogP contribution in [0, 0.1) is 13.8 Å². The van der Waals surface area contributed by atoms with Gasteiger partial charge in [-0.25, -0.2) is 0 Å². The lowest BCUT2D eigenvalue weighted by molar-refractivity contribution is 0.768. The lowest BCUT2D eigenvalue weighted by atomic mass is 9.67. The summed E-state index contributed by atoms with van der Waals surface area (Å²) >= 11 is 0. The first kappa shape index (κ1) is 38.1. The van der Waals surface area contributed by atoms with Crippen LogP contribution in [0.15, 0.2) is 231 Å². The van der Waals surface area contributed by atoms with E-state index in [2.05, 4.69) is 257 Å². The first-order valence-electron chi connectivity index (χ1n) is 22.0. The average Bonchev–Trinajstić information content (AvgIpc) is 3.64. The van der Waals surface area contributed by atoms with Crippen LogP contribution >= 0.6 is 0 Å². The zero-order chi connectivity index (χ0) is 42.3. The SMILES string of the molecule is Cc1ccc(/C(=C\c2ccc(C3(c4ccc(/C=C(\c5ccc(C)cc5)c5cccc6ccccc56)cc4)c4ccccc4-c4ccccc43)cc2)c2cccc3ccccc23)cc1. The van der Waals surface area contributed by atoms with Gasteiger partial charge in [-0.15, -0.1) is 0 Å². The molecule has 0 amide bonds. The minimum Gasteiger partial charge on any atom is -0.0619 e. The van der Waals surface area contributed by atoms with Crippen molar-refractivity contribution in [1.29, 1.82) is 0 Å². The van der Waals surface area contributed by atoms with Crippen molar-refractivity contribution in [1.82, 2.24) is 0 Å². The summed E-state index contributed by atoms with van der Waals surface area (Å²) in [5, 5.41) is 4.99. The second kappa shape index (κ2) is 15.9. The maximum absolute atomic E-state index is 2.37. The molecular formula is C63H46. The van der Waals surface area contributed by atoms with Gasteiger partial charge in [-0.1, -0.05) is 242 Å². The molecule has 0 heteroatoms. The minimum atomic E-state index is -0.511. The molecule has 0 unspecified atom stereocenters. The molecular weight excluding hydrogens is 757 g/mol. The van der Waals surface area contributed by atoms with Gasteiger partial charge in [0.1, 0.15) is 0 Å². The molecule has 0 nitrogen and oxygen atoms in total. The summed E-state index contributed by atoms with van der Waals surface area (Å²) in [7, 11) is 0. The standard InChI is InChI=1S/C63H46/c1-43-25-33-49(34-26-43)59(55-21-11-15-47-13-3-5-17-53(47)55)41-45-29-37-51(38-30-45)63(61-23-9-7-19-57(61)58-20-8-10-24-62(58)63)52-39-31-46(32-40-52)42-60(50-35-27-44(2)28-36-50)56-22-12-16-48-14-4-6-18-54(48)56/h3-42H,1-2H3/b59-41+,60-42+. The number of rotatable bonds is 8. The molecule has 0 spiro atoms.